The van der Waals surface area contributed by atoms with Gasteiger partial charge in [0.25, 0.3) is 0 Å². The van der Waals surface area contributed by atoms with Crippen LogP contribution in [-0.4, -0.2) is 23.3 Å². The number of rotatable bonds is 5. The predicted molar refractivity (Wildman–Crippen MR) is 91.9 cm³/mol. The second kappa shape index (κ2) is 7.04. The van der Waals surface area contributed by atoms with Crippen LogP contribution < -0.4 is 0 Å². The van der Waals surface area contributed by atoms with E-state index in [1.54, 1.807) is 37.3 Å². The Hall–Kier alpha value is -3.01. The fourth-order valence-corrected chi connectivity index (χ4v) is 2.60. The molecular formula is C20H17NO3. The van der Waals surface area contributed by atoms with Gasteiger partial charge in [-0.3, -0.25) is 14.6 Å². The summed E-state index contributed by atoms with van der Waals surface area (Å²) in [5, 5.41) is 0.955. The minimum Gasteiger partial charge on any atom is -0.465 e. The Morgan fingerprint density at radius 2 is 1.67 bits per heavy atom. The van der Waals surface area contributed by atoms with Gasteiger partial charge in [0, 0.05) is 10.9 Å². The van der Waals surface area contributed by atoms with E-state index in [4.69, 9.17) is 4.74 Å². The molecule has 0 saturated heterocycles. The van der Waals surface area contributed by atoms with Crippen LogP contribution >= 0.6 is 0 Å². The van der Waals surface area contributed by atoms with E-state index in [2.05, 4.69) is 4.98 Å². The number of benzene rings is 2. The average molecular weight is 319 g/mol. The monoisotopic (exact) mass is 319 g/mol. The molecule has 0 aliphatic rings. The highest BCUT2D eigenvalue weighted by molar-refractivity contribution is 6.12. The molecule has 0 aliphatic heterocycles. The molecule has 120 valence electrons. The van der Waals surface area contributed by atoms with Crippen LogP contribution in [0.1, 0.15) is 28.9 Å². The standard InChI is InChI=1S/C20H17NO3/c1-2-24-20(23)18(19(22)15-9-4-3-5-10-15)17-13-12-14-8-6-7-11-16(14)21-17/h3-13,18H,2H2,1H3. The average Bonchev–Trinajstić information content (AvgIpc) is 2.63. The van der Waals surface area contributed by atoms with Crippen LogP contribution in [0.15, 0.2) is 66.7 Å². The maximum atomic E-state index is 12.9. The fraction of sp³-hybridized carbons (Fsp3) is 0.150. The highest BCUT2D eigenvalue weighted by atomic mass is 16.5. The molecule has 24 heavy (non-hydrogen) atoms. The first-order valence-corrected chi connectivity index (χ1v) is 7.82. The lowest BCUT2D eigenvalue weighted by Gasteiger charge is -2.15. The van der Waals surface area contributed by atoms with Crippen molar-refractivity contribution >= 4 is 22.7 Å². The van der Waals surface area contributed by atoms with Crippen molar-refractivity contribution in [2.24, 2.45) is 0 Å². The number of hydrogen-bond donors (Lipinski definition) is 0. The normalized spacial score (nSPS) is 11.9. The van der Waals surface area contributed by atoms with Crippen LogP contribution in [0.3, 0.4) is 0 Å². The molecule has 4 nitrogen and oxygen atoms in total. The van der Waals surface area contributed by atoms with Crippen molar-refractivity contribution in [2.75, 3.05) is 6.61 Å². The van der Waals surface area contributed by atoms with Crippen LogP contribution in [0.4, 0.5) is 0 Å². The minimum absolute atomic E-state index is 0.213. The molecule has 0 bridgehead atoms. The van der Waals surface area contributed by atoms with Gasteiger partial charge >= 0.3 is 5.97 Å². The van der Waals surface area contributed by atoms with E-state index in [0.717, 1.165) is 10.9 Å². The van der Waals surface area contributed by atoms with Crippen LogP contribution in [0.5, 0.6) is 0 Å². The third kappa shape index (κ3) is 3.18. The lowest BCUT2D eigenvalue weighted by atomic mass is 9.93. The van der Waals surface area contributed by atoms with Gasteiger partial charge in [-0.2, -0.15) is 0 Å². The quantitative estimate of drug-likeness (QED) is 0.408. The van der Waals surface area contributed by atoms with Gasteiger partial charge in [-0.15, -0.1) is 0 Å². The number of ether oxygens (including phenoxy) is 1. The predicted octanol–water partition coefficient (Wildman–Crippen LogP) is 3.76. The van der Waals surface area contributed by atoms with Crippen molar-refractivity contribution in [3.05, 3.63) is 78.0 Å². The molecule has 0 amide bonds. The van der Waals surface area contributed by atoms with E-state index >= 15 is 0 Å². The summed E-state index contributed by atoms with van der Waals surface area (Å²) in [5.41, 5.74) is 1.61. The Morgan fingerprint density at radius 1 is 0.958 bits per heavy atom. The first kappa shape index (κ1) is 15.9. The summed E-state index contributed by atoms with van der Waals surface area (Å²) in [6.45, 7) is 1.93. The SMILES string of the molecule is CCOC(=O)C(C(=O)c1ccccc1)c1ccc2ccccc2n1. The van der Waals surface area contributed by atoms with Crippen molar-refractivity contribution < 1.29 is 14.3 Å². The number of nitrogens with zero attached hydrogens (tertiary/aromatic N) is 1. The lowest BCUT2D eigenvalue weighted by molar-refractivity contribution is -0.143. The zero-order valence-corrected chi connectivity index (χ0v) is 13.3. The van der Waals surface area contributed by atoms with Gasteiger partial charge < -0.3 is 4.74 Å². The first-order chi connectivity index (χ1) is 11.7. The molecule has 4 heteroatoms. The Morgan fingerprint density at radius 3 is 2.42 bits per heavy atom. The van der Waals surface area contributed by atoms with Gasteiger partial charge in [0.15, 0.2) is 11.7 Å². The Bertz CT molecular complexity index is 874. The number of fused-ring (bicyclic) bond motifs is 1. The van der Waals surface area contributed by atoms with E-state index < -0.39 is 11.9 Å². The van der Waals surface area contributed by atoms with E-state index in [1.165, 1.54) is 0 Å². The highest BCUT2D eigenvalue weighted by Crippen LogP contribution is 2.23. The van der Waals surface area contributed by atoms with E-state index in [-0.39, 0.29) is 12.4 Å². The molecule has 1 heterocycles. The maximum Gasteiger partial charge on any atom is 0.323 e. The Labute approximate surface area is 140 Å². The molecule has 0 saturated carbocycles. The molecule has 1 atom stereocenters. The number of ketones is 1. The van der Waals surface area contributed by atoms with E-state index in [1.807, 2.05) is 36.4 Å². The zero-order chi connectivity index (χ0) is 16.9. The van der Waals surface area contributed by atoms with E-state index in [0.29, 0.717) is 11.3 Å². The summed E-state index contributed by atoms with van der Waals surface area (Å²) < 4.78 is 5.11. The van der Waals surface area contributed by atoms with Crippen molar-refractivity contribution in [1.82, 2.24) is 4.98 Å². The Balaban J connectivity index is 2.06. The topological polar surface area (TPSA) is 56.3 Å². The molecule has 1 unspecified atom stereocenters. The number of carbonyl (C=O) groups is 2. The number of Topliss-reactive ketones (excluding diaryl/α,β-unsaturated/α-hetero) is 1. The van der Waals surface area contributed by atoms with Gasteiger partial charge in [0.05, 0.1) is 17.8 Å². The van der Waals surface area contributed by atoms with Crippen LogP contribution in [0.2, 0.25) is 0 Å². The largest absolute Gasteiger partial charge is 0.465 e. The second-order valence-electron chi connectivity index (χ2n) is 5.34. The third-order valence-corrected chi connectivity index (χ3v) is 3.76. The molecule has 1 aromatic heterocycles. The molecule has 0 N–H and O–H groups in total. The summed E-state index contributed by atoms with van der Waals surface area (Å²) in [5.74, 6) is -1.94. The molecule has 3 rings (SSSR count). The molecule has 0 radical (unpaired) electrons. The van der Waals surface area contributed by atoms with Crippen molar-refractivity contribution in [3.63, 3.8) is 0 Å². The molecule has 2 aromatic carbocycles. The van der Waals surface area contributed by atoms with Crippen molar-refractivity contribution in [2.45, 2.75) is 12.8 Å². The van der Waals surface area contributed by atoms with Crippen LogP contribution in [-0.2, 0) is 9.53 Å². The summed E-state index contributed by atoms with van der Waals surface area (Å²) in [6.07, 6.45) is 0. The van der Waals surface area contributed by atoms with Gasteiger partial charge in [-0.05, 0) is 19.1 Å². The number of pyridine rings is 1. The van der Waals surface area contributed by atoms with Crippen molar-refractivity contribution in [1.29, 1.82) is 0 Å². The maximum absolute atomic E-state index is 12.9. The third-order valence-electron chi connectivity index (χ3n) is 3.76. The number of esters is 1. The number of aromatic nitrogens is 1. The molecule has 0 spiro atoms. The van der Waals surface area contributed by atoms with Crippen LogP contribution in [0, 0.1) is 0 Å². The Kier molecular flexibility index (Phi) is 4.66. The fourth-order valence-electron chi connectivity index (χ4n) is 2.60. The molecule has 0 fully saturated rings. The van der Waals surface area contributed by atoms with Crippen molar-refractivity contribution in [3.8, 4) is 0 Å². The summed E-state index contributed by atoms with van der Waals surface area (Å²) in [7, 11) is 0. The van der Waals surface area contributed by atoms with Gasteiger partial charge in [0.2, 0.25) is 0 Å². The van der Waals surface area contributed by atoms with Gasteiger partial charge in [-0.25, -0.2) is 0 Å². The summed E-state index contributed by atoms with van der Waals surface area (Å²) in [6, 6.07) is 19.9. The first-order valence-electron chi connectivity index (χ1n) is 7.82. The smallest absolute Gasteiger partial charge is 0.323 e. The summed E-state index contributed by atoms with van der Waals surface area (Å²) >= 11 is 0. The highest BCUT2D eigenvalue weighted by Gasteiger charge is 2.32. The lowest BCUT2D eigenvalue weighted by Crippen LogP contribution is -2.25. The van der Waals surface area contributed by atoms with E-state index in [9.17, 15) is 9.59 Å². The van der Waals surface area contributed by atoms with Crippen LogP contribution in [0.25, 0.3) is 10.9 Å². The molecule has 3 aromatic rings. The van der Waals surface area contributed by atoms with Gasteiger partial charge in [0.1, 0.15) is 0 Å². The number of para-hydroxylation sites is 1. The minimum atomic E-state index is -1.06. The number of hydrogen-bond acceptors (Lipinski definition) is 4. The molecular weight excluding hydrogens is 302 g/mol. The zero-order valence-electron chi connectivity index (χ0n) is 13.3. The summed E-state index contributed by atoms with van der Waals surface area (Å²) in [4.78, 5) is 29.8. The number of carbonyl (C=O) groups excluding carboxylic acids is 2. The molecule has 0 aliphatic carbocycles. The second-order valence-corrected chi connectivity index (χ2v) is 5.34. The van der Waals surface area contributed by atoms with Gasteiger partial charge in [-0.1, -0.05) is 54.6 Å².